The third kappa shape index (κ3) is 4.10. The van der Waals surface area contributed by atoms with Gasteiger partial charge in [0, 0.05) is 24.4 Å². The number of benzene rings is 2. The Morgan fingerprint density at radius 2 is 1.63 bits per heavy atom. The lowest BCUT2D eigenvalue weighted by Gasteiger charge is -2.20. The highest BCUT2D eigenvalue weighted by atomic mass is 16.5. The molecule has 0 spiro atoms. The predicted octanol–water partition coefficient (Wildman–Crippen LogP) is 4.48. The van der Waals surface area contributed by atoms with E-state index in [9.17, 15) is 4.79 Å². The van der Waals surface area contributed by atoms with Crippen LogP contribution >= 0.6 is 0 Å². The molecule has 0 unspecified atom stereocenters. The van der Waals surface area contributed by atoms with E-state index in [4.69, 9.17) is 14.2 Å². The number of ether oxygens (including phenoxy) is 3. The minimum absolute atomic E-state index is 0.172. The molecule has 0 saturated heterocycles. The fourth-order valence-electron chi connectivity index (χ4n) is 3.20. The van der Waals surface area contributed by atoms with E-state index < -0.39 is 0 Å². The highest BCUT2D eigenvalue weighted by Gasteiger charge is 2.25. The van der Waals surface area contributed by atoms with Crippen molar-refractivity contribution in [1.82, 2.24) is 0 Å². The zero-order valence-electron chi connectivity index (χ0n) is 16.1. The molecule has 0 radical (unpaired) electrons. The van der Waals surface area contributed by atoms with Crippen LogP contribution in [0.5, 0.6) is 17.2 Å². The summed E-state index contributed by atoms with van der Waals surface area (Å²) in [5.74, 6) is 1.68. The summed E-state index contributed by atoms with van der Waals surface area (Å²) >= 11 is 0. The zero-order valence-corrected chi connectivity index (χ0v) is 16.1. The molecule has 1 aliphatic heterocycles. The maximum atomic E-state index is 12.8. The molecule has 2 aromatic carbocycles. The highest BCUT2D eigenvalue weighted by Crippen LogP contribution is 2.41. The van der Waals surface area contributed by atoms with Crippen LogP contribution in [-0.4, -0.2) is 32.4 Å². The molecule has 6 heteroatoms. The first kappa shape index (κ1) is 18.9. The smallest absolute Gasteiger partial charge is 0.326 e. The van der Waals surface area contributed by atoms with Crippen LogP contribution in [0, 0.1) is 0 Å². The quantitative estimate of drug-likeness (QED) is 0.781. The first-order valence-corrected chi connectivity index (χ1v) is 9.40. The zero-order chi connectivity index (χ0) is 19.2. The third-order valence-corrected chi connectivity index (χ3v) is 4.29. The fraction of sp³-hybridized carbons (Fsp3) is 0.381. The summed E-state index contributed by atoms with van der Waals surface area (Å²) in [6.07, 6.45) is 0.862. The van der Waals surface area contributed by atoms with Crippen LogP contribution in [-0.2, 0) is 6.42 Å². The lowest BCUT2D eigenvalue weighted by molar-refractivity contribution is 0.257. The van der Waals surface area contributed by atoms with E-state index in [1.54, 1.807) is 17.0 Å². The molecular formula is C21H26N2O4. The van der Waals surface area contributed by atoms with Crippen molar-refractivity contribution >= 4 is 17.4 Å². The van der Waals surface area contributed by atoms with Crippen molar-refractivity contribution in [2.75, 3.05) is 36.6 Å². The van der Waals surface area contributed by atoms with Crippen LogP contribution in [0.1, 0.15) is 26.3 Å². The van der Waals surface area contributed by atoms with Crippen molar-refractivity contribution in [2.24, 2.45) is 0 Å². The molecule has 3 rings (SSSR count). The van der Waals surface area contributed by atoms with Gasteiger partial charge in [0.25, 0.3) is 0 Å². The summed E-state index contributed by atoms with van der Waals surface area (Å²) in [6, 6.07) is 11.3. The van der Waals surface area contributed by atoms with Crippen LogP contribution in [0.15, 0.2) is 36.4 Å². The number of fused-ring (bicyclic) bond motifs is 1. The van der Waals surface area contributed by atoms with E-state index in [1.165, 1.54) is 5.56 Å². The first-order chi connectivity index (χ1) is 13.2. The van der Waals surface area contributed by atoms with Gasteiger partial charge in [-0.25, -0.2) is 4.79 Å². The topological polar surface area (TPSA) is 60.0 Å². The molecule has 1 aliphatic rings. The van der Waals surface area contributed by atoms with E-state index in [2.05, 4.69) is 11.4 Å². The Kier molecular flexibility index (Phi) is 6.06. The monoisotopic (exact) mass is 370 g/mol. The molecule has 0 aromatic heterocycles. The molecule has 1 heterocycles. The van der Waals surface area contributed by atoms with E-state index >= 15 is 0 Å². The van der Waals surface area contributed by atoms with Crippen molar-refractivity contribution in [3.8, 4) is 17.2 Å². The van der Waals surface area contributed by atoms with Gasteiger partial charge in [-0.05, 0) is 38.8 Å². The minimum Gasteiger partial charge on any atom is -0.490 e. The SMILES string of the molecule is CCOc1cc(NC(=O)N2CCc3ccccc32)cc(OCC)c1OCC. The number of hydrogen-bond donors (Lipinski definition) is 1. The number of anilines is 2. The Hall–Kier alpha value is -2.89. The number of hydrogen-bond acceptors (Lipinski definition) is 4. The van der Waals surface area contributed by atoms with Gasteiger partial charge in [0.1, 0.15) is 0 Å². The summed E-state index contributed by atoms with van der Waals surface area (Å²) in [7, 11) is 0. The fourth-order valence-corrected chi connectivity index (χ4v) is 3.20. The second-order valence-corrected chi connectivity index (χ2v) is 6.06. The third-order valence-electron chi connectivity index (χ3n) is 4.29. The van der Waals surface area contributed by atoms with E-state index in [0.29, 0.717) is 49.3 Å². The second kappa shape index (κ2) is 8.66. The summed E-state index contributed by atoms with van der Waals surface area (Å²) in [4.78, 5) is 14.6. The average molecular weight is 370 g/mol. The summed E-state index contributed by atoms with van der Waals surface area (Å²) in [6.45, 7) is 7.86. The van der Waals surface area contributed by atoms with Gasteiger partial charge in [-0.2, -0.15) is 0 Å². The van der Waals surface area contributed by atoms with Crippen LogP contribution in [0.4, 0.5) is 16.2 Å². The van der Waals surface area contributed by atoms with Crippen molar-refractivity contribution in [3.05, 3.63) is 42.0 Å². The number of para-hydroxylation sites is 1. The Bertz CT molecular complexity index is 780. The summed E-state index contributed by atoms with van der Waals surface area (Å²) in [5.41, 5.74) is 2.75. The summed E-state index contributed by atoms with van der Waals surface area (Å²) < 4.78 is 17.1. The van der Waals surface area contributed by atoms with Crippen LogP contribution in [0.3, 0.4) is 0 Å². The molecule has 0 saturated carbocycles. The molecule has 0 atom stereocenters. The van der Waals surface area contributed by atoms with Gasteiger partial charge in [-0.15, -0.1) is 0 Å². The average Bonchev–Trinajstić information content (AvgIpc) is 3.09. The predicted molar refractivity (Wildman–Crippen MR) is 106 cm³/mol. The standard InChI is InChI=1S/C21H26N2O4/c1-4-25-18-13-16(14-19(26-5-2)20(18)27-6-3)22-21(24)23-12-11-15-9-7-8-10-17(15)23/h7-10,13-14H,4-6,11-12H2,1-3H3,(H,22,24). The molecule has 1 N–H and O–H groups in total. The Labute approximate surface area is 160 Å². The number of nitrogens with zero attached hydrogens (tertiary/aromatic N) is 1. The minimum atomic E-state index is -0.172. The number of carbonyl (C=O) groups excluding carboxylic acids is 1. The van der Waals surface area contributed by atoms with E-state index in [-0.39, 0.29) is 6.03 Å². The Balaban J connectivity index is 1.86. The Morgan fingerprint density at radius 1 is 1.00 bits per heavy atom. The number of rotatable bonds is 7. The first-order valence-electron chi connectivity index (χ1n) is 9.40. The largest absolute Gasteiger partial charge is 0.490 e. The summed E-state index contributed by atoms with van der Waals surface area (Å²) in [5, 5.41) is 2.96. The van der Waals surface area contributed by atoms with Crippen LogP contribution in [0.25, 0.3) is 0 Å². The normalized spacial score (nSPS) is 12.5. The molecule has 6 nitrogen and oxygen atoms in total. The van der Waals surface area contributed by atoms with Gasteiger partial charge in [0.2, 0.25) is 5.75 Å². The molecule has 0 bridgehead atoms. The van der Waals surface area contributed by atoms with Crippen LogP contribution < -0.4 is 24.4 Å². The van der Waals surface area contributed by atoms with Gasteiger partial charge in [0.15, 0.2) is 11.5 Å². The van der Waals surface area contributed by atoms with Gasteiger partial charge >= 0.3 is 6.03 Å². The lowest BCUT2D eigenvalue weighted by atomic mass is 10.2. The maximum Gasteiger partial charge on any atom is 0.326 e. The molecule has 0 fully saturated rings. The van der Waals surface area contributed by atoms with E-state index in [0.717, 1.165) is 12.1 Å². The number of amides is 2. The Morgan fingerprint density at radius 3 is 2.26 bits per heavy atom. The molecule has 2 amide bonds. The molecule has 144 valence electrons. The van der Waals surface area contributed by atoms with Crippen LogP contribution in [0.2, 0.25) is 0 Å². The molecular weight excluding hydrogens is 344 g/mol. The molecule has 2 aromatic rings. The van der Waals surface area contributed by atoms with Crippen molar-refractivity contribution in [1.29, 1.82) is 0 Å². The number of carbonyl (C=O) groups is 1. The van der Waals surface area contributed by atoms with Gasteiger partial charge < -0.3 is 19.5 Å². The number of nitrogens with one attached hydrogen (secondary N) is 1. The van der Waals surface area contributed by atoms with Gasteiger partial charge in [-0.1, -0.05) is 18.2 Å². The maximum absolute atomic E-state index is 12.8. The molecule has 27 heavy (non-hydrogen) atoms. The van der Waals surface area contributed by atoms with Gasteiger partial charge in [0.05, 0.1) is 25.5 Å². The van der Waals surface area contributed by atoms with Gasteiger partial charge in [-0.3, -0.25) is 4.90 Å². The van der Waals surface area contributed by atoms with E-state index in [1.807, 2.05) is 39.0 Å². The van der Waals surface area contributed by atoms with Crippen molar-refractivity contribution in [3.63, 3.8) is 0 Å². The van der Waals surface area contributed by atoms with Crippen molar-refractivity contribution < 1.29 is 19.0 Å². The lowest BCUT2D eigenvalue weighted by Crippen LogP contribution is -2.33. The number of urea groups is 1. The van der Waals surface area contributed by atoms with Crippen molar-refractivity contribution in [2.45, 2.75) is 27.2 Å². The highest BCUT2D eigenvalue weighted by molar-refractivity contribution is 6.03. The molecule has 0 aliphatic carbocycles. The second-order valence-electron chi connectivity index (χ2n) is 6.06.